The van der Waals surface area contributed by atoms with Gasteiger partial charge in [0.2, 0.25) is 10.0 Å². The van der Waals surface area contributed by atoms with Gasteiger partial charge in [-0.25, -0.2) is 13.2 Å². The normalized spacial score (nSPS) is 17.6. The maximum absolute atomic E-state index is 13.3. The second kappa shape index (κ2) is 6.89. The molecule has 1 aliphatic heterocycles. The van der Waals surface area contributed by atoms with E-state index in [1.54, 1.807) is 30.3 Å². The highest BCUT2D eigenvalue weighted by Crippen LogP contribution is 2.40. The summed E-state index contributed by atoms with van der Waals surface area (Å²) in [6.07, 6.45) is 1.49. The molecule has 0 radical (unpaired) electrons. The molecular formula is C22H19NO4S. The van der Waals surface area contributed by atoms with Crippen LogP contribution >= 0.6 is 0 Å². The van der Waals surface area contributed by atoms with Gasteiger partial charge in [0.25, 0.3) is 0 Å². The van der Waals surface area contributed by atoms with Crippen molar-refractivity contribution in [1.82, 2.24) is 4.31 Å². The van der Waals surface area contributed by atoms with Gasteiger partial charge in [-0.2, -0.15) is 4.31 Å². The van der Waals surface area contributed by atoms with Crippen molar-refractivity contribution in [2.45, 2.75) is 17.9 Å². The molecule has 0 aliphatic carbocycles. The molecule has 0 saturated carbocycles. The molecule has 5 nitrogen and oxygen atoms in total. The smallest absolute Gasteiger partial charge is 0.333 e. The number of carboxylic acids is 1. The Balaban J connectivity index is 1.89. The number of nitrogens with zero attached hydrogens (tertiary/aromatic N) is 1. The van der Waals surface area contributed by atoms with Crippen molar-refractivity contribution in [3.63, 3.8) is 0 Å². The van der Waals surface area contributed by atoms with Gasteiger partial charge in [-0.1, -0.05) is 66.2 Å². The molecule has 1 aliphatic rings. The SMILES string of the molecule is Cc1ccc(S(=O)(=O)N2CC=C(C(=O)O)C2c2cccc3ccccc23)cc1. The van der Waals surface area contributed by atoms with E-state index < -0.39 is 22.0 Å². The number of aryl methyl sites for hydroxylation is 1. The van der Waals surface area contributed by atoms with E-state index in [1.165, 1.54) is 10.4 Å². The summed E-state index contributed by atoms with van der Waals surface area (Å²) in [6.45, 7) is 1.90. The largest absolute Gasteiger partial charge is 0.478 e. The van der Waals surface area contributed by atoms with Crippen LogP contribution < -0.4 is 0 Å². The molecule has 3 aromatic carbocycles. The number of fused-ring (bicyclic) bond motifs is 1. The molecule has 0 saturated heterocycles. The number of hydrogen-bond acceptors (Lipinski definition) is 3. The third-order valence-electron chi connectivity index (χ3n) is 5.07. The van der Waals surface area contributed by atoms with E-state index in [9.17, 15) is 18.3 Å². The quantitative estimate of drug-likeness (QED) is 0.729. The lowest BCUT2D eigenvalue weighted by atomic mass is 9.95. The summed E-state index contributed by atoms with van der Waals surface area (Å²) in [5.74, 6) is -1.11. The fourth-order valence-corrected chi connectivity index (χ4v) is 5.19. The van der Waals surface area contributed by atoms with Gasteiger partial charge in [0.15, 0.2) is 0 Å². The Morgan fingerprint density at radius 2 is 1.68 bits per heavy atom. The van der Waals surface area contributed by atoms with E-state index in [0.29, 0.717) is 5.56 Å². The predicted octanol–water partition coefficient (Wildman–Crippen LogP) is 3.90. The standard InChI is InChI=1S/C22H19NO4S/c1-15-9-11-17(12-10-15)28(26,27)23-14-13-20(22(24)25)21(23)19-8-4-6-16-5-2-3-7-18(16)19/h2-13,21H,14H2,1H3,(H,24,25). The van der Waals surface area contributed by atoms with Crippen LogP contribution in [0.5, 0.6) is 0 Å². The van der Waals surface area contributed by atoms with Crippen LogP contribution in [-0.2, 0) is 14.8 Å². The van der Waals surface area contributed by atoms with Gasteiger partial charge in [-0.15, -0.1) is 0 Å². The zero-order valence-corrected chi connectivity index (χ0v) is 16.1. The Labute approximate surface area is 163 Å². The van der Waals surface area contributed by atoms with Crippen LogP contribution in [-0.4, -0.2) is 30.3 Å². The number of carbonyl (C=O) groups is 1. The average Bonchev–Trinajstić information content (AvgIpc) is 3.14. The summed E-state index contributed by atoms with van der Waals surface area (Å²) < 4.78 is 27.9. The fraction of sp³-hybridized carbons (Fsp3) is 0.136. The molecular weight excluding hydrogens is 374 g/mol. The molecule has 0 fully saturated rings. The molecule has 1 unspecified atom stereocenters. The third-order valence-corrected chi connectivity index (χ3v) is 6.91. The number of sulfonamides is 1. The van der Waals surface area contributed by atoms with Crippen molar-refractivity contribution in [1.29, 1.82) is 0 Å². The second-order valence-corrected chi connectivity index (χ2v) is 8.71. The van der Waals surface area contributed by atoms with Crippen molar-refractivity contribution in [2.75, 3.05) is 6.54 Å². The monoisotopic (exact) mass is 393 g/mol. The topological polar surface area (TPSA) is 74.7 Å². The summed E-state index contributed by atoms with van der Waals surface area (Å²) in [7, 11) is -3.87. The first-order valence-electron chi connectivity index (χ1n) is 8.89. The van der Waals surface area contributed by atoms with Gasteiger partial charge in [-0.3, -0.25) is 0 Å². The lowest BCUT2D eigenvalue weighted by molar-refractivity contribution is -0.133. The minimum atomic E-state index is -3.87. The molecule has 4 rings (SSSR count). The fourth-order valence-electron chi connectivity index (χ4n) is 3.66. The maximum atomic E-state index is 13.3. The second-order valence-electron chi connectivity index (χ2n) is 6.82. The molecule has 0 amide bonds. The van der Waals surface area contributed by atoms with Crippen molar-refractivity contribution in [3.05, 3.63) is 89.5 Å². The summed E-state index contributed by atoms with van der Waals surface area (Å²) in [5.41, 5.74) is 1.70. The highest BCUT2D eigenvalue weighted by atomic mass is 32.2. The number of rotatable bonds is 4. The lowest BCUT2D eigenvalue weighted by Crippen LogP contribution is -2.33. The van der Waals surface area contributed by atoms with Crippen molar-refractivity contribution in [3.8, 4) is 0 Å². The van der Waals surface area contributed by atoms with E-state index >= 15 is 0 Å². The molecule has 1 atom stereocenters. The van der Waals surface area contributed by atoms with Gasteiger partial charge in [0.05, 0.1) is 16.5 Å². The minimum absolute atomic E-state index is 0.0196. The first kappa shape index (κ1) is 18.4. The molecule has 142 valence electrons. The van der Waals surface area contributed by atoms with Crippen LogP contribution in [0, 0.1) is 6.92 Å². The van der Waals surface area contributed by atoms with Crippen LogP contribution in [0.25, 0.3) is 10.8 Å². The van der Waals surface area contributed by atoms with Crippen molar-refractivity contribution in [2.24, 2.45) is 0 Å². The Hall–Kier alpha value is -2.96. The Kier molecular flexibility index (Phi) is 4.53. The Morgan fingerprint density at radius 1 is 1.00 bits per heavy atom. The van der Waals surface area contributed by atoms with Gasteiger partial charge < -0.3 is 5.11 Å². The van der Waals surface area contributed by atoms with Crippen molar-refractivity contribution >= 4 is 26.8 Å². The minimum Gasteiger partial charge on any atom is -0.478 e. The van der Waals surface area contributed by atoms with Crippen molar-refractivity contribution < 1.29 is 18.3 Å². The zero-order chi connectivity index (χ0) is 19.9. The highest BCUT2D eigenvalue weighted by molar-refractivity contribution is 7.89. The third kappa shape index (κ3) is 3.00. The van der Waals surface area contributed by atoms with Crippen LogP contribution in [0.3, 0.4) is 0 Å². The van der Waals surface area contributed by atoms with Crippen LogP contribution in [0.4, 0.5) is 0 Å². The maximum Gasteiger partial charge on any atom is 0.333 e. The average molecular weight is 393 g/mol. The van der Waals surface area contributed by atoms with E-state index in [-0.39, 0.29) is 17.0 Å². The highest BCUT2D eigenvalue weighted by Gasteiger charge is 2.41. The van der Waals surface area contributed by atoms with E-state index in [0.717, 1.165) is 16.3 Å². The molecule has 0 spiro atoms. The number of carboxylic acid groups (broad SMARTS) is 1. The molecule has 6 heteroatoms. The number of benzene rings is 3. The lowest BCUT2D eigenvalue weighted by Gasteiger charge is -2.27. The molecule has 3 aromatic rings. The molecule has 1 heterocycles. The molecule has 0 bridgehead atoms. The molecule has 28 heavy (non-hydrogen) atoms. The van der Waals surface area contributed by atoms with Crippen LogP contribution in [0.1, 0.15) is 17.2 Å². The van der Waals surface area contributed by atoms with Crippen LogP contribution in [0.15, 0.2) is 83.3 Å². The van der Waals surface area contributed by atoms with Gasteiger partial charge in [-0.05, 0) is 35.4 Å². The van der Waals surface area contributed by atoms with E-state index in [1.807, 2.05) is 43.3 Å². The number of hydrogen-bond donors (Lipinski definition) is 1. The first-order valence-corrected chi connectivity index (χ1v) is 10.3. The van der Waals surface area contributed by atoms with Crippen LogP contribution in [0.2, 0.25) is 0 Å². The molecule has 1 N–H and O–H groups in total. The Bertz CT molecular complexity index is 1190. The number of aliphatic carboxylic acids is 1. The predicted molar refractivity (Wildman–Crippen MR) is 107 cm³/mol. The summed E-state index contributed by atoms with van der Waals surface area (Å²) in [5, 5.41) is 11.5. The molecule has 0 aromatic heterocycles. The van der Waals surface area contributed by atoms with Gasteiger partial charge in [0, 0.05) is 6.54 Å². The summed E-state index contributed by atoms with van der Waals surface area (Å²) in [6, 6.07) is 18.8. The van der Waals surface area contributed by atoms with E-state index in [2.05, 4.69) is 0 Å². The zero-order valence-electron chi connectivity index (χ0n) is 15.2. The first-order chi connectivity index (χ1) is 13.4. The summed E-state index contributed by atoms with van der Waals surface area (Å²) in [4.78, 5) is 12.0. The van der Waals surface area contributed by atoms with E-state index in [4.69, 9.17) is 0 Å². The summed E-state index contributed by atoms with van der Waals surface area (Å²) >= 11 is 0. The van der Waals surface area contributed by atoms with Gasteiger partial charge >= 0.3 is 5.97 Å². The Morgan fingerprint density at radius 3 is 2.39 bits per heavy atom. The van der Waals surface area contributed by atoms with Gasteiger partial charge in [0.1, 0.15) is 0 Å².